The maximum atomic E-state index is 12.8. The van der Waals surface area contributed by atoms with Crippen molar-refractivity contribution in [3.63, 3.8) is 0 Å². The topological polar surface area (TPSA) is 55.1 Å². The van der Waals surface area contributed by atoms with Gasteiger partial charge in [-0.2, -0.15) is 0 Å². The smallest absolute Gasteiger partial charge is 0.223 e. The van der Waals surface area contributed by atoms with Crippen LogP contribution in [0.1, 0.15) is 66.7 Å². The highest BCUT2D eigenvalue weighted by atomic mass is 16.2. The molecule has 2 aliphatic carbocycles. The Morgan fingerprint density at radius 3 is 2.35 bits per heavy atom. The molecule has 2 rings (SSSR count). The molecule has 3 nitrogen and oxygen atoms in total. The minimum atomic E-state index is -0.00943. The van der Waals surface area contributed by atoms with Gasteiger partial charge in [0.05, 0.1) is 0 Å². The van der Waals surface area contributed by atoms with Crippen LogP contribution in [0.2, 0.25) is 0 Å². The summed E-state index contributed by atoms with van der Waals surface area (Å²) in [7, 11) is 0. The van der Waals surface area contributed by atoms with Crippen LogP contribution >= 0.6 is 0 Å². The predicted octanol–water partition coefficient (Wildman–Crippen LogP) is 3.08. The number of nitrogens with two attached hydrogens (primary N) is 1. The molecule has 2 fully saturated rings. The van der Waals surface area contributed by atoms with Gasteiger partial charge in [-0.1, -0.05) is 41.0 Å². The van der Waals surface area contributed by atoms with Crippen LogP contribution in [0.3, 0.4) is 0 Å². The summed E-state index contributed by atoms with van der Waals surface area (Å²) >= 11 is 0. The summed E-state index contributed by atoms with van der Waals surface area (Å²) in [5.74, 6) is 0.756. The van der Waals surface area contributed by atoms with Crippen LogP contribution in [-0.2, 0) is 4.79 Å². The highest BCUT2D eigenvalue weighted by Gasteiger charge is 2.46. The second kappa shape index (κ2) is 5.32. The monoisotopic (exact) mass is 280 g/mol. The van der Waals surface area contributed by atoms with E-state index in [4.69, 9.17) is 5.73 Å². The minimum absolute atomic E-state index is 0.00943. The van der Waals surface area contributed by atoms with Gasteiger partial charge in [0, 0.05) is 18.0 Å². The number of carbonyl (C=O) groups is 1. The number of amides is 1. The highest BCUT2D eigenvalue weighted by molar-refractivity contribution is 5.80. The summed E-state index contributed by atoms with van der Waals surface area (Å²) in [6, 6.07) is 0.577. The first-order chi connectivity index (χ1) is 9.16. The van der Waals surface area contributed by atoms with Gasteiger partial charge in [-0.15, -0.1) is 0 Å². The SMILES string of the molecule is CC1C(N)CCC(C(=O)NC2CCCC2(C)C)C1(C)C. The van der Waals surface area contributed by atoms with Crippen LogP contribution < -0.4 is 11.1 Å². The molecule has 4 unspecified atom stereocenters. The Morgan fingerprint density at radius 1 is 1.15 bits per heavy atom. The fraction of sp³-hybridized carbons (Fsp3) is 0.941. The molecule has 3 heteroatoms. The second-order valence-electron chi connectivity index (χ2n) is 8.35. The number of hydrogen-bond acceptors (Lipinski definition) is 2. The zero-order valence-electron chi connectivity index (χ0n) is 13.8. The molecular weight excluding hydrogens is 248 g/mol. The Bertz CT molecular complexity index is 375. The van der Waals surface area contributed by atoms with E-state index in [1.165, 1.54) is 12.8 Å². The summed E-state index contributed by atoms with van der Waals surface area (Å²) in [6.45, 7) is 11.2. The van der Waals surface area contributed by atoms with Crippen molar-refractivity contribution in [2.45, 2.75) is 78.8 Å². The largest absolute Gasteiger partial charge is 0.353 e. The molecule has 3 N–H and O–H groups in total. The van der Waals surface area contributed by atoms with E-state index in [1.807, 2.05) is 0 Å². The Morgan fingerprint density at radius 2 is 1.80 bits per heavy atom. The van der Waals surface area contributed by atoms with E-state index in [-0.39, 0.29) is 28.7 Å². The lowest BCUT2D eigenvalue weighted by Gasteiger charge is -2.46. The minimum Gasteiger partial charge on any atom is -0.353 e. The van der Waals surface area contributed by atoms with Crippen LogP contribution in [0, 0.1) is 22.7 Å². The third-order valence-corrected chi connectivity index (χ3v) is 6.39. The van der Waals surface area contributed by atoms with E-state index in [1.54, 1.807) is 0 Å². The molecule has 4 atom stereocenters. The Hall–Kier alpha value is -0.570. The summed E-state index contributed by atoms with van der Waals surface area (Å²) in [5.41, 5.74) is 6.43. The number of carbonyl (C=O) groups excluding carboxylic acids is 1. The molecule has 0 bridgehead atoms. The zero-order valence-corrected chi connectivity index (χ0v) is 13.8. The molecule has 2 saturated carbocycles. The first kappa shape index (κ1) is 15.8. The van der Waals surface area contributed by atoms with Crippen molar-refractivity contribution in [3.8, 4) is 0 Å². The molecule has 2 aliphatic rings. The molecule has 20 heavy (non-hydrogen) atoms. The standard InChI is InChI=1S/C17H32N2O/c1-11-13(18)9-8-12(17(11,4)5)15(20)19-14-7-6-10-16(14,2)3/h11-14H,6-10,18H2,1-5H3,(H,19,20). The number of rotatable bonds is 2. The van der Waals surface area contributed by atoms with Crippen molar-refractivity contribution >= 4 is 5.91 Å². The van der Waals surface area contributed by atoms with E-state index in [2.05, 4.69) is 39.9 Å². The maximum Gasteiger partial charge on any atom is 0.223 e. The quantitative estimate of drug-likeness (QED) is 0.816. The fourth-order valence-electron chi connectivity index (χ4n) is 4.19. The molecule has 0 heterocycles. The van der Waals surface area contributed by atoms with Gasteiger partial charge in [-0.25, -0.2) is 0 Å². The highest BCUT2D eigenvalue weighted by Crippen LogP contribution is 2.45. The lowest BCUT2D eigenvalue weighted by atomic mass is 9.61. The van der Waals surface area contributed by atoms with E-state index in [0.29, 0.717) is 12.0 Å². The third kappa shape index (κ3) is 2.74. The summed E-state index contributed by atoms with van der Waals surface area (Å²) < 4.78 is 0. The fourth-order valence-corrected chi connectivity index (χ4v) is 4.19. The molecule has 0 saturated heterocycles. The average Bonchev–Trinajstić information content (AvgIpc) is 2.66. The van der Waals surface area contributed by atoms with Gasteiger partial charge < -0.3 is 11.1 Å². The molecule has 0 radical (unpaired) electrons. The van der Waals surface area contributed by atoms with Gasteiger partial charge in [-0.05, 0) is 42.4 Å². The molecule has 0 aromatic rings. The lowest BCUT2D eigenvalue weighted by Crippen LogP contribution is -2.54. The van der Waals surface area contributed by atoms with Crippen LogP contribution in [0.15, 0.2) is 0 Å². The van der Waals surface area contributed by atoms with E-state index >= 15 is 0 Å². The summed E-state index contributed by atoms with van der Waals surface area (Å²) in [5, 5.41) is 3.35. The average molecular weight is 280 g/mol. The van der Waals surface area contributed by atoms with Crippen LogP contribution in [0.25, 0.3) is 0 Å². The first-order valence-corrected chi connectivity index (χ1v) is 8.22. The van der Waals surface area contributed by atoms with Gasteiger partial charge in [0.1, 0.15) is 0 Å². The van der Waals surface area contributed by atoms with Gasteiger partial charge in [-0.3, -0.25) is 4.79 Å². The van der Waals surface area contributed by atoms with Gasteiger partial charge in [0.25, 0.3) is 0 Å². The molecule has 0 aliphatic heterocycles. The molecular formula is C17H32N2O. The molecule has 1 amide bonds. The first-order valence-electron chi connectivity index (χ1n) is 8.22. The second-order valence-corrected chi connectivity index (χ2v) is 8.35. The van der Waals surface area contributed by atoms with Crippen molar-refractivity contribution in [2.24, 2.45) is 28.4 Å². The number of hydrogen-bond donors (Lipinski definition) is 2. The summed E-state index contributed by atoms with van der Waals surface area (Å²) in [4.78, 5) is 12.8. The van der Waals surface area contributed by atoms with Gasteiger partial charge >= 0.3 is 0 Å². The van der Waals surface area contributed by atoms with Crippen molar-refractivity contribution < 1.29 is 4.79 Å². The molecule has 0 spiro atoms. The normalized spacial score (nSPS) is 39.5. The predicted molar refractivity (Wildman–Crippen MR) is 83.2 cm³/mol. The van der Waals surface area contributed by atoms with E-state index in [0.717, 1.165) is 19.3 Å². The van der Waals surface area contributed by atoms with E-state index < -0.39 is 0 Å². The van der Waals surface area contributed by atoms with Crippen LogP contribution in [-0.4, -0.2) is 18.0 Å². The van der Waals surface area contributed by atoms with Gasteiger partial charge in [0.2, 0.25) is 5.91 Å². The molecule has 116 valence electrons. The Balaban J connectivity index is 2.05. The Labute approximate surface area is 124 Å². The van der Waals surface area contributed by atoms with Crippen molar-refractivity contribution in [1.82, 2.24) is 5.32 Å². The molecule has 0 aromatic heterocycles. The van der Waals surface area contributed by atoms with Gasteiger partial charge in [0.15, 0.2) is 0 Å². The van der Waals surface area contributed by atoms with Crippen LogP contribution in [0.5, 0.6) is 0 Å². The number of nitrogens with one attached hydrogen (secondary N) is 1. The molecule has 0 aromatic carbocycles. The van der Waals surface area contributed by atoms with Crippen LogP contribution in [0.4, 0.5) is 0 Å². The Kier molecular flexibility index (Phi) is 4.21. The van der Waals surface area contributed by atoms with Crippen molar-refractivity contribution in [1.29, 1.82) is 0 Å². The van der Waals surface area contributed by atoms with Crippen molar-refractivity contribution in [3.05, 3.63) is 0 Å². The summed E-state index contributed by atoms with van der Waals surface area (Å²) in [6.07, 6.45) is 5.47. The van der Waals surface area contributed by atoms with Crippen molar-refractivity contribution in [2.75, 3.05) is 0 Å². The third-order valence-electron chi connectivity index (χ3n) is 6.39. The zero-order chi connectivity index (χ0) is 15.1. The van der Waals surface area contributed by atoms with E-state index in [9.17, 15) is 4.79 Å². The maximum absolute atomic E-state index is 12.8. The lowest BCUT2D eigenvalue weighted by molar-refractivity contribution is -0.133.